The molecule has 78 valence electrons. The number of alkyl halides is 3. The zero-order valence-electron chi connectivity index (χ0n) is 7.35. The van der Waals surface area contributed by atoms with Crippen LogP contribution in [-0.2, 0) is 0 Å². The summed E-state index contributed by atoms with van der Waals surface area (Å²) in [6.07, 6.45) is -7.99. The minimum atomic E-state index is -2.86. The van der Waals surface area contributed by atoms with Gasteiger partial charge in [0.25, 0.3) is 0 Å². The van der Waals surface area contributed by atoms with E-state index in [1.54, 1.807) is 0 Å². The molecule has 0 nitrogen and oxygen atoms in total. The van der Waals surface area contributed by atoms with Crippen LogP contribution in [0, 0.1) is 5.92 Å². The van der Waals surface area contributed by atoms with Crippen LogP contribution in [0.2, 0.25) is 5.82 Å². The van der Waals surface area contributed by atoms with E-state index in [-0.39, 0.29) is 0 Å². The van der Waals surface area contributed by atoms with Gasteiger partial charge in [0.1, 0.15) is 12.0 Å². The molecule has 0 aromatic rings. The molecule has 5 atom stereocenters. The molecule has 1 aliphatic carbocycles. The number of halogens is 5. The summed E-state index contributed by atoms with van der Waals surface area (Å²) in [4.78, 5) is 0. The van der Waals surface area contributed by atoms with Crippen molar-refractivity contribution in [3.05, 3.63) is 11.7 Å². The Morgan fingerprint density at radius 3 is 2.00 bits per heavy atom. The topological polar surface area (TPSA) is 0 Å². The van der Waals surface area contributed by atoms with Crippen LogP contribution in [0.5, 0.6) is 0 Å². The van der Waals surface area contributed by atoms with E-state index in [0.29, 0.717) is 0 Å². The molecule has 4 unspecified atom stereocenters. The maximum Gasteiger partial charge on any atom is 0.188 e. The fourth-order valence-corrected chi connectivity index (χ4v) is 1.45. The van der Waals surface area contributed by atoms with E-state index in [1.807, 2.05) is 0 Å². The first-order valence-corrected chi connectivity index (χ1v) is 4.10. The lowest BCUT2D eigenvalue weighted by Crippen LogP contribution is -2.41. The molecule has 1 rings (SSSR count). The van der Waals surface area contributed by atoms with Crippen LogP contribution in [0.15, 0.2) is 11.7 Å². The summed E-state index contributed by atoms with van der Waals surface area (Å²) >= 11 is 0. The van der Waals surface area contributed by atoms with Crippen molar-refractivity contribution < 1.29 is 22.0 Å². The SMILES string of the molecule is [B]C(C)C1C(F)=C(F)C(F)C(F)[C@H]1F. The second kappa shape index (κ2) is 3.91. The van der Waals surface area contributed by atoms with Gasteiger partial charge in [-0.2, -0.15) is 0 Å². The Bertz CT molecular complexity index is 252. The van der Waals surface area contributed by atoms with E-state index in [9.17, 15) is 22.0 Å². The van der Waals surface area contributed by atoms with Gasteiger partial charge in [-0.05, 0) is 0 Å². The lowest BCUT2D eigenvalue weighted by atomic mass is 9.71. The molecule has 2 radical (unpaired) electrons. The van der Waals surface area contributed by atoms with E-state index >= 15 is 0 Å². The van der Waals surface area contributed by atoms with Crippen molar-refractivity contribution in [1.29, 1.82) is 0 Å². The van der Waals surface area contributed by atoms with E-state index < -0.39 is 41.9 Å². The lowest BCUT2D eigenvalue weighted by Gasteiger charge is -2.31. The number of hydrogen-bond donors (Lipinski definition) is 0. The van der Waals surface area contributed by atoms with Crippen molar-refractivity contribution in [1.82, 2.24) is 0 Å². The third-order valence-electron chi connectivity index (χ3n) is 2.26. The Morgan fingerprint density at radius 2 is 1.57 bits per heavy atom. The van der Waals surface area contributed by atoms with Gasteiger partial charge in [0, 0.05) is 5.92 Å². The minimum Gasteiger partial charge on any atom is -0.243 e. The molecule has 0 saturated heterocycles. The van der Waals surface area contributed by atoms with Crippen molar-refractivity contribution in [2.45, 2.75) is 31.3 Å². The Balaban J connectivity index is 3.07. The highest BCUT2D eigenvalue weighted by molar-refractivity contribution is 6.11. The number of rotatable bonds is 1. The average molecular weight is 210 g/mol. The molecule has 0 bridgehead atoms. The normalized spacial score (nSPS) is 41.3. The molecule has 0 saturated carbocycles. The smallest absolute Gasteiger partial charge is 0.188 e. The largest absolute Gasteiger partial charge is 0.243 e. The summed E-state index contributed by atoms with van der Waals surface area (Å²) in [6.45, 7) is 1.20. The molecule has 0 N–H and O–H groups in total. The third kappa shape index (κ3) is 1.66. The van der Waals surface area contributed by atoms with Gasteiger partial charge in [-0.15, -0.1) is 0 Å². The Morgan fingerprint density at radius 1 is 1.07 bits per heavy atom. The van der Waals surface area contributed by atoms with Crippen molar-refractivity contribution in [3.8, 4) is 0 Å². The molecule has 0 fully saturated rings. The van der Waals surface area contributed by atoms with Gasteiger partial charge in [-0.1, -0.05) is 12.7 Å². The predicted octanol–water partition coefficient (Wildman–Crippen LogP) is 2.76. The highest BCUT2D eigenvalue weighted by atomic mass is 19.2. The molecular formula is C8H8BF5. The first-order valence-electron chi connectivity index (χ1n) is 4.10. The quantitative estimate of drug-likeness (QED) is 0.461. The highest BCUT2D eigenvalue weighted by Gasteiger charge is 2.47. The monoisotopic (exact) mass is 210 g/mol. The highest BCUT2D eigenvalue weighted by Crippen LogP contribution is 2.42. The number of hydrogen-bond acceptors (Lipinski definition) is 0. The lowest BCUT2D eigenvalue weighted by molar-refractivity contribution is 0.0329. The standard InChI is InChI=1S/C8H8BF5/c1-2(9)3-4(10)6(12)8(14)7(13)5(3)11/h2-4,6,8H,1H3/t2?,3?,4-,6?,8?/m0/s1. The van der Waals surface area contributed by atoms with E-state index in [1.165, 1.54) is 6.92 Å². The van der Waals surface area contributed by atoms with Gasteiger partial charge in [-0.3, -0.25) is 0 Å². The van der Waals surface area contributed by atoms with Gasteiger partial charge in [0.05, 0.1) is 7.85 Å². The zero-order valence-corrected chi connectivity index (χ0v) is 7.35. The Labute approximate surface area is 79.6 Å². The van der Waals surface area contributed by atoms with Crippen LogP contribution in [0.1, 0.15) is 6.92 Å². The molecule has 0 amide bonds. The van der Waals surface area contributed by atoms with E-state index in [4.69, 9.17) is 7.85 Å². The fraction of sp³-hybridized carbons (Fsp3) is 0.750. The molecular weight excluding hydrogens is 202 g/mol. The van der Waals surface area contributed by atoms with Crippen LogP contribution < -0.4 is 0 Å². The molecule has 0 aromatic carbocycles. The van der Waals surface area contributed by atoms with Gasteiger partial charge in [0.2, 0.25) is 0 Å². The molecule has 14 heavy (non-hydrogen) atoms. The summed E-state index contributed by atoms with van der Waals surface area (Å²) in [5.41, 5.74) is 0. The summed E-state index contributed by atoms with van der Waals surface area (Å²) < 4.78 is 64.0. The summed E-state index contributed by atoms with van der Waals surface area (Å²) in [5.74, 6) is -6.35. The molecule has 0 aromatic heterocycles. The van der Waals surface area contributed by atoms with Crippen molar-refractivity contribution in [3.63, 3.8) is 0 Å². The third-order valence-corrected chi connectivity index (χ3v) is 2.26. The van der Waals surface area contributed by atoms with Crippen molar-refractivity contribution in [2.24, 2.45) is 5.92 Å². The second-order valence-corrected chi connectivity index (χ2v) is 3.37. The van der Waals surface area contributed by atoms with Crippen LogP contribution in [-0.4, -0.2) is 26.4 Å². The zero-order chi connectivity index (χ0) is 11.0. The minimum absolute atomic E-state index is 1.11. The molecule has 1 aliphatic rings. The Hall–Kier alpha value is -0.545. The predicted molar refractivity (Wildman–Crippen MR) is 42.6 cm³/mol. The van der Waals surface area contributed by atoms with Gasteiger partial charge in [0.15, 0.2) is 18.2 Å². The van der Waals surface area contributed by atoms with Crippen LogP contribution in [0.4, 0.5) is 22.0 Å². The summed E-state index contributed by atoms with van der Waals surface area (Å²) in [5, 5.41) is 0. The van der Waals surface area contributed by atoms with E-state index in [0.717, 1.165) is 0 Å². The summed E-state index contributed by atoms with van der Waals surface area (Å²) in [6, 6.07) is 0. The average Bonchev–Trinajstić information content (AvgIpc) is 2.11. The van der Waals surface area contributed by atoms with Gasteiger partial charge in [-0.25, -0.2) is 22.0 Å². The first-order chi connectivity index (χ1) is 6.37. The van der Waals surface area contributed by atoms with Crippen molar-refractivity contribution >= 4 is 7.85 Å². The molecule has 0 aliphatic heterocycles. The van der Waals surface area contributed by atoms with Gasteiger partial charge < -0.3 is 0 Å². The van der Waals surface area contributed by atoms with E-state index in [2.05, 4.69) is 0 Å². The number of allylic oxidation sites excluding steroid dienone is 2. The van der Waals surface area contributed by atoms with Crippen LogP contribution in [0.25, 0.3) is 0 Å². The summed E-state index contributed by atoms with van der Waals surface area (Å²) in [7, 11) is 5.15. The van der Waals surface area contributed by atoms with Crippen LogP contribution in [0.3, 0.4) is 0 Å². The first kappa shape index (κ1) is 11.5. The van der Waals surface area contributed by atoms with Crippen LogP contribution >= 0.6 is 0 Å². The Kier molecular flexibility index (Phi) is 3.22. The second-order valence-electron chi connectivity index (χ2n) is 3.37. The fourth-order valence-electron chi connectivity index (χ4n) is 1.45. The van der Waals surface area contributed by atoms with Crippen molar-refractivity contribution in [2.75, 3.05) is 0 Å². The maximum absolute atomic E-state index is 13.0. The van der Waals surface area contributed by atoms with Gasteiger partial charge >= 0.3 is 0 Å². The molecule has 6 heteroatoms. The maximum atomic E-state index is 13.0. The molecule has 0 heterocycles. The molecule has 0 spiro atoms.